The van der Waals surface area contributed by atoms with Crippen LogP contribution < -0.4 is 20.7 Å². The Morgan fingerprint density at radius 1 is 1.03 bits per heavy atom. The number of aromatic nitrogens is 2. The van der Waals surface area contributed by atoms with Crippen molar-refractivity contribution in [2.45, 2.75) is 20.3 Å². The number of rotatable bonds is 6. The van der Waals surface area contributed by atoms with E-state index in [1.165, 1.54) is 5.56 Å². The number of anilines is 2. The van der Waals surface area contributed by atoms with Crippen molar-refractivity contribution in [3.05, 3.63) is 76.6 Å². The first-order chi connectivity index (χ1) is 15.4. The third kappa shape index (κ3) is 7.18. The van der Waals surface area contributed by atoms with Gasteiger partial charge < -0.3 is 15.4 Å². The largest absolute Gasteiger partial charge is 0.495 e. The number of aryl methyl sites for hydroxylation is 2. The van der Waals surface area contributed by atoms with Crippen LogP contribution in [0.5, 0.6) is 5.75 Å². The van der Waals surface area contributed by atoms with E-state index < -0.39 is 0 Å². The molecule has 3 rings (SSSR count). The number of nitrogens with zero attached hydrogens (tertiary/aromatic N) is 3. The van der Waals surface area contributed by atoms with Gasteiger partial charge in [-0.1, -0.05) is 41.9 Å². The molecule has 0 aliphatic carbocycles. The molecule has 0 fully saturated rings. The maximum absolute atomic E-state index is 6.11. The Hall–Kier alpha value is -3.23. The molecule has 1 heterocycles. The number of methoxy groups -OCH3 is 1. The van der Waals surface area contributed by atoms with Crippen LogP contribution in [-0.2, 0) is 6.42 Å². The molecule has 0 aliphatic heterocycles. The number of benzene rings is 2. The monoisotopic (exact) mass is 468 g/mol. The lowest BCUT2D eigenvalue weighted by atomic mass is 10.2. The van der Waals surface area contributed by atoms with Crippen LogP contribution in [-0.4, -0.2) is 34.7 Å². The van der Waals surface area contributed by atoms with Gasteiger partial charge in [-0.15, -0.1) is 0 Å². The van der Waals surface area contributed by atoms with E-state index in [0.29, 0.717) is 40.0 Å². The molecule has 0 amide bonds. The molecular weight excluding hydrogens is 444 g/mol. The first-order valence-electron chi connectivity index (χ1n) is 10.0. The van der Waals surface area contributed by atoms with E-state index in [4.69, 9.17) is 28.6 Å². The molecule has 0 spiro atoms. The lowest BCUT2D eigenvalue weighted by molar-refractivity contribution is 0.417. The Bertz CT molecular complexity index is 1090. The number of ether oxygens (including phenoxy) is 1. The highest BCUT2D eigenvalue weighted by molar-refractivity contribution is 7.80. The fourth-order valence-electron chi connectivity index (χ4n) is 2.98. The van der Waals surface area contributed by atoms with E-state index in [2.05, 4.69) is 43.0 Å². The second-order valence-corrected chi connectivity index (χ2v) is 7.83. The Morgan fingerprint density at radius 3 is 2.44 bits per heavy atom. The molecule has 0 radical (unpaired) electrons. The number of thiocarbonyl (C=S) groups is 1. The molecule has 0 aliphatic rings. The van der Waals surface area contributed by atoms with Gasteiger partial charge in [0, 0.05) is 23.0 Å². The van der Waals surface area contributed by atoms with Gasteiger partial charge in [-0.3, -0.25) is 10.3 Å². The SMILES string of the molecule is COc1ccc(Cl)cc1NC(=S)NC(=NCCc1ccccc1)Nc1nc(C)cc(C)n1. The molecule has 3 aromatic rings. The second-order valence-electron chi connectivity index (χ2n) is 6.99. The van der Waals surface area contributed by atoms with Crippen LogP contribution in [0.25, 0.3) is 0 Å². The minimum absolute atomic E-state index is 0.320. The number of halogens is 1. The van der Waals surface area contributed by atoms with Gasteiger partial charge in [0.05, 0.1) is 12.8 Å². The van der Waals surface area contributed by atoms with Crippen molar-refractivity contribution < 1.29 is 4.74 Å². The molecule has 32 heavy (non-hydrogen) atoms. The summed E-state index contributed by atoms with van der Waals surface area (Å²) in [6.07, 6.45) is 0.781. The average Bonchev–Trinajstić information content (AvgIpc) is 2.74. The van der Waals surface area contributed by atoms with Gasteiger partial charge in [0.15, 0.2) is 5.11 Å². The van der Waals surface area contributed by atoms with E-state index in [9.17, 15) is 0 Å². The van der Waals surface area contributed by atoms with Crippen LogP contribution in [0.2, 0.25) is 5.02 Å². The average molecular weight is 469 g/mol. The van der Waals surface area contributed by atoms with Gasteiger partial charge in [-0.25, -0.2) is 9.97 Å². The molecule has 0 saturated heterocycles. The standard InChI is InChI=1S/C23H25ClN6OS/c1-15-13-16(2)27-22(26-15)29-21(25-12-11-17-7-5-4-6-8-17)30-23(32)28-19-14-18(24)9-10-20(19)31-3/h4-10,13-14H,11-12H2,1-3H3,(H3,25,26,27,28,29,30,32). The second kappa shape index (κ2) is 11.4. The van der Waals surface area contributed by atoms with Crippen LogP contribution in [0, 0.1) is 13.8 Å². The van der Waals surface area contributed by atoms with Crippen molar-refractivity contribution in [1.29, 1.82) is 0 Å². The Kier molecular flexibility index (Phi) is 8.35. The zero-order valence-electron chi connectivity index (χ0n) is 18.1. The lowest BCUT2D eigenvalue weighted by Crippen LogP contribution is -2.39. The number of nitrogens with one attached hydrogen (secondary N) is 3. The number of aliphatic imine (C=N–C) groups is 1. The Morgan fingerprint density at radius 2 is 1.75 bits per heavy atom. The lowest BCUT2D eigenvalue weighted by Gasteiger charge is -2.16. The highest BCUT2D eigenvalue weighted by Gasteiger charge is 2.10. The van der Waals surface area contributed by atoms with E-state index >= 15 is 0 Å². The normalized spacial score (nSPS) is 11.1. The van der Waals surface area contributed by atoms with Gasteiger partial charge in [0.2, 0.25) is 11.9 Å². The van der Waals surface area contributed by atoms with Crippen LogP contribution in [0.3, 0.4) is 0 Å². The maximum Gasteiger partial charge on any atom is 0.229 e. The summed E-state index contributed by atoms with van der Waals surface area (Å²) >= 11 is 11.6. The molecule has 9 heteroatoms. The minimum atomic E-state index is 0.320. The topological polar surface area (TPSA) is 83.5 Å². The molecule has 0 bridgehead atoms. The molecule has 1 aromatic heterocycles. The predicted molar refractivity (Wildman–Crippen MR) is 135 cm³/mol. The van der Waals surface area contributed by atoms with Gasteiger partial charge in [0.1, 0.15) is 5.75 Å². The summed E-state index contributed by atoms with van der Waals surface area (Å²) in [5.41, 5.74) is 3.55. The smallest absolute Gasteiger partial charge is 0.229 e. The first-order valence-corrected chi connectivity index (χ1v) is 10.8. The molecular formula is C23H25ClN6OS. The summed E-state index contributed by atoms with van der Waals surface area (Å²) in [6, 6.07) is 17.3. The first kappa shape index (κ1) is 23.4. The predicted octanol–water partition coefficient (Wildman–Crippen LogP) is 4.75. The summed E-state index contributed by atoms with van der Waals surface area (Å²) in [5.74, 6) is 1.49. The number of hydrogen-bond donors (Lipinski definition) is 3. The zero-order chi connectivity index (χ0) is 22.9. The maximum atomic E-state index is 6.11. The van der Waals surface area contributed by atoms with Crippen LogP contribution in [0.4, 0.5) is 11.6 Å². The fourth-order valence-corrected chi connectivity index (χ4v) is 3.36. The molecule has 0 saturated carbocycles. The quantitative estimate of drug-likeness (QED) is 0.273. The molecule has 0 unspecified atom stereocenters. The molecule has 166 valence electrons. The summed E-state index contributed by atoms with van der Waals surface area (Å²) < 4.78 is 5.37. The fraction of sp³-hybridized carbons (Fsp3) is 0.217. The van der Waals surface area contributed by atoms with Crippen LogP contribution in [0.1, 0.15) is 17.0 Å². The highest BCUT2D eigenvalue weighted by Crippen LogP contribution is 2.27. The van der Waals surface area contributed by atoms with Crippen molar-refractivity contribution >= 4 is 46.5 Å². The Balaban J connectivity index is 1.75. The zero-order valence-corrected chi connectivity index (χ0v) is 19.7. The van der Waals surface area contributed by atoms with Gasteiger partial charge in [-0.05, 0) is 62.3 Å². The van der Waals surface area contributed by atoms with Crippen LogP contribution >= 0.6 is 23.8 Å². The minimum Gasteiger partial charge on any atom is -0.495 e. The number of guanidine groups is 1. The van der Waals surface area contributed by atoms with Gasteiger partial charge >= 0.3 is 0 Å². The third-order valence-electron chi connectivity index (χ3n) is 4.37. The van der Waals surface area contributed by atoms with Crippen molar-refractivity contribution in [2.24, 2.45) is 4.99 Å². The van der Waals surface area contributed by atoms with E-state index in [-0.39, 0.29) is 0 Å². The van der Waals surface area contributed by atoms with Gasteiger partial charge in [0.25, 0.3) is 0 Å². The van der Waals surface area contributed by atoms with Crippen molar-refractivity contribution in [3.63, 3.8) is 0 Å². The van der Waals surface area contributed by atoms with E-state index in [0.717, 1.165) is 17.8 Å². The summed E-state index contributed by atoms with van der Waals surface area (Å²) in [5, 5.41) is 10.2. The van der Waals surface area contributed by atoms with Gasteiger partial charge in [-0.2, -0.15) is 0 Å². The molecule has 3 N–H and O–H groups in total. The number of hydrogen-bond acceptors (Lipinski definition) is 5. The van der Waals surface area contributed by atoms with Crippen molar-refractivity contribution in [1.82, 2.24) is 15.3 Å². The van der Waals surface area contributed by atoms with Crippen LogP contribution in [0.15, 0.2) is 59.6 Å². The molecule has 7 nitrogen and oxygen atoms in total. The third-order valence-corrected chi connectivity index (χ3v) is 4.81. The molecule has 0 atom stereocenters. The summed E-state index contributed by atoms with van der Waals surface area (Å²) in [4.78, 5) is 13.5. The highest BCUT2D eigenvalue weighted by atomic mass is 35.5. The summed E-state index contributed by atoms with van der Waals surface area (Å²) in [7, 11) is 1.58. The van der Waals surface area contributed by atoms with Crippen molar-refractivity contribution in [3.8, 4) is 5.75 Å². The van der Waals surface area contributed by atoms with E-state index in [1.807, 2.05) is 38.1 Å². The van der Waals surface area contributed by atoms with Crippen molar-refractivity contribution in [2.75, 3.05) is 24.3 Å². The summed E-state index contributed by atoms with van der Waals surface area (Å²) in [6.45, 7) is 4.38. The van der Waals surface area contributed by atoms with E-state index in [1.54, 1.807) is 25.3 Å². The Labute approximate surface area is 198 Å². The molecule has 2 aromatic carbocycles.